The highest BCUT2D eigenvalue weighted by Crippen LogP contribution is 2.38. The summed E-state index contributed by atoms with van der Waals surface area (Å²) in [5.41, 5.74) is 1.30. The van der Waals surface area contributed by atoms with Gasteiger partial charge < -0.3 is 10.6 Å². The van der Waals surface area contributed by atoms with Crippen LogP contribution in [0.25, 0.3) is 0 Å². The number of carbonyl (C=O) groups is 3. The van der Waals surface area contributed by atoms with E-state index in [-0.39, 0.29) is 40.3 Å². The van der Waals surface area contributed by atoms with E-state index in [4.69, 9.17) is 46.4 Å². The van der Waals surface area contributed by atoms with Crippen molar-refractivity contribution in [2.75, 3.05) is 10.3 Å². The van der Waals surface area contributed by atoms with Gasteiger partial charge in [-0.25, -0.2) is 0 Å². The monoisotopic (exact) mass is 654 g/mol. The number of unbranched alkanes of at least 4 members (excludes halogenated alkanes) is 10. The molecule has 0 saturated carbocycles. The molecule has 0 fully saturated rings. The summed E-state index contributed by atoms with van der Waals surface area (Å²) < 4.78 is 0. The molecule has 0 spiro atoms. The minimum Gasteiger partial charge on any atom is -0.326 e. The molecule has 228 valence electrons. The first-order valence-corrected chi connectivity index (χ1v) is 16.1. The van der Waals surface area contributed by atoms with E-state index in [2.05, 4.69) is 22.7 Å². The van der Waals surface area contributed by atoms with E-state index in [0.717, 1.165) is 24.3 Å². The SMILES string of the molecule is CCCCCCCCCCCCCC(=O)Nc1ccc(Cl)c(CC(=O)NC2=NN(c3c(Cl)cc(Cl)cc3Cl)C(=O)C2)c1. The van der Waals surface area contributed by atoms with Crippen molar-refractivity contribution in [1.29, 1.82) is 0 Å². The van der Waals surface area contributed by atoms with Crippen LogP contribution in [0.3, 0.4) is 0 Å². The lowest BCUT2D eigenvalue weighted by Crippen LogP contribution is -2.31. The third kappa shape index (κ3) is 11.1. The first-order chi connectivity index (χ1) is 20.2. The van der Waals surface area contributed by atoms with Crippen LogP contribution < -0.4 is 15.6 Å². The number of amides is 3. The van der Waals surface area contributed by atoms with Crippen LogP contribution >= 0.6 is 46.4 Å². The molecule has 7 nitrogen and oxygen atoms in total. The van der Waals surface area contributed by atoms with E-state index in [0.29, 0.717) is 27.7 Å². The van der Waals surface area contributed by atoms with Crippen molar-refractivity contribution in [2.24, 2.45) is 5.10 Å². The summed E-state index contributed by atoms with van der Waals surface area (Å²) in [5, 5.41) is 11.8. The first kappa shape index (κ1) is 34.2. The molecule has 1 aliphatic heterocycles. The molecule has 11 heteroatoms. The van der Waals surface area contributed by atoms with Crippen LogP contribution in [0.4, 0.5) is 11.4 Å². The molecule has 0 unspecified atom stereocenters. The number of nitrogens with zero attached hydrogens (tertiary/aromatic N) is 2. The lowest BCUT2D eigenvalue weighted by Gasteiger charge is -2.15. The predicted octanol–water partition coefficient (Wildman–Crippen LogP) is 9.35. The van der Waals surface area contributed by atoms with E-state index < -0.39 is 11.8 Å². The molecular weight excluding hydrogens is 618 g/mol. The minimum absolute atomic E-state index is 0.0675. The van der Waals surface area contributed by atoms with Crippen molar-refractivity contribution < 1.29 is 14.4 Å². The fraction of sp³-hybridized carbons (Fsp3) is 0.484. The number of hydrazone groups is 1. The number of rotatable bonds is 16. The van der Waals surface area contributed by atoms with Crippen molar-refractivity contribution >= 4 is 81.3 Å². The van der Waals surface area contributed by atoms with Gasteiger partial charge in [-0.05, 0) is 42.3 Å². The van der Waals surface area contributed by atoms with E-state index in [9.17, 15) is 14.4 Å². The number of carbonyl (C=O) groups excluding carboxylic acids is 3. The Kier molecular flexibility index (Phi) is 14.4. The molecule has 3 amide bonds. The Hall–Kier alpha value is -2.32. The number of anilines is 2. The number of benzene rings is 2. The van der Waals surface area contributed by atoms with Gasteiger partial charge in [-0.1, -0.05) is 118 Å². The first-order valence-electron chi connectivity index (χ1n) is 14.6. The van der Waals surface area contributed by atoms with Gasteiger partial charge in [0.1, 0.15) is 11.5 Å². The van der Waals surface area contributed by atoms with Crippen LogP contribution in [0, 0.1) is 0 Å². The smallest absolute Gasteiger partial charge is 0.255 e. The summed E-state index contributed by atoms with van der Waals surface area (Å²) in [6.07, 6.45) is 13.7. The molecule has 2 aromatic carbocycles. The summed E-state index contributed by atoms with van der Waals surface area (Å²) in [7, 11) is 0. The van der Waals surface area contributed by atoms with Gasteiger partial charge in [0.15, 0.2) is 0 Å². The molecule has 42 heavy (non-hydrogen) atoms. The van der Waals surface area contributed by atoms with Crippen LogP contribution in [0.15, 0.2) is 35.4 Å². The second-order valence-corrected chi connectivity index (χ2v) is 12.2. The highest BCUT2D eigenvalue weighted by molar-refractivity contribution is 6.42. The Bertz CT molecular complexity index is 1260. The lowest BCUT2D eigenvalue weighted by molar-refractivity contribution is -0.119. The van der Waals surface area contributed by atoms with Crippen LogP contribution in [0.5, 0.6) is 0 Å². The number of nitrogens with one attached hydrogen (secondary N) is 2. The maximum Gasteiger partial charge on any atom is 0.255 e. The molecule has 0 radical (unpaired) electrons. The minimum atomic E-state index is -0.414. The number of amidine groups is 1. The second kappa shape index (κ2) is 17.7. The quantitative estimate of drug-likeness (QED) is 0.177. The molecule has 0 bridgehead atoms. The summed E-state index contributed by atoms with van der Waals surface area (Å²) >= 11 is 24.7. The Morgan fingerprint density at radius 2 is 1.38 bits per heavy atom. The molecule has 0 saturated heterocycles. The molecule has 0 aromatic heterocycles. The van der Waals surface area contributed by atoms with Gasteiger partial charge in [-0.3, -0.25) is 14.4 Å². The fourth-order valence-electron chi connectivity index (χ4n) is 4.75. The van der Waals surface area contributed by atoms with Crippen molar-refractivity contribution in [1.82, 2.24) is 5.32 Å². The van der Waals surface area contributed by atoms with E-state index in [1.165, 1.54) is 63.5 Å². The standard InChI is InChI=1S/C31H38Cl4N4O3/c1-2-3-4-5-6-7-8-9-10-11-12-13-28(40)36-23-14-15-24(33)21(16-23)17-29(41)37-27-20-30(42)39(38-27)31-25(34)18-22(32)19-26(31)35/h14-16,18-19H,2-13,17,20H2,1H3,(H,36,40)(H,37,38,41). The van der Waals surface area contributed by atoms with E-state index in [1.54, 1.807) is 18.2 Å². The van der Waals surface area contributed by atoms with Gasteiger partial charge in [0.2, 0.25) is 11.8 Å². The molecule has 0 atom stereocenters. The van der Waals surface area contributed by atoms with Gasteiger partial charge in [0, 0.05) is 22.2 Å². The van der Waals surface area contributed by atoms with Gasteiger partial charge in [-0.15, -0.1) is 0 Å². The number of hydrogen-bond acceptors (Lipinski definition) is 4. The summed E-state index contributed by atoms with van der Waals surface area (Å²) in [6, 6.07) is 7.94. The number of hydrogen-bond donors (Lipinski definition) is 2. The topological polar surface area (TPSA) is 90.9 Å². The van der Waals surface area contributed by atoms with Crippen LogP contribution in [-0.2, 0) is 20.8 Å². The Labute approximate surface area is 268 Å². The van der Waals surface area contributed by atoms with Crippen molar-refractivity contribution in [3.05, 3.63) is 56.0 Å². The lowest BCUT2D eigenvalue weighted by atomic mass is 10.1. The molecular formula is C31H38Cl4N4O3. The molecule has 2 aromatic rings. The molecule has 1 aliphatic rings. The molecule has 2 N–H and O–H groups in total. The van der Waals surface area contributed by atoms with Gasteiger partial charge >= 0.3 is 0 Å². The maximum absolute atomic E-state index is 12.8. The van der Waals surface area contributed by atoms with Crippen molar-refractivity contribution in [3.8, 4) is 0 Å². The van der Waals surface area contributed by atoms with E-state index >= 15 is 0 Å². The van der Waals surface area contributed by atoms with E-state index in [1.807, 2.05) is 0 Å². The highest BCUT2D eigenvalue weighted by Gasteiger charge is 2.30. The van der Waals surface area contributed by atoms with Crippen molar-refractivity contribution in [3.63, 3.8) is 0 Å². The zero-order valence-electron chi connectivity index (χ0n) is 23.9. The molecule has 0 aliphatic carbocycles. The van der Waals surface area contributed by atoms with Crippen molar-refractivity contribution in [2.45, 2.75) is 96.8 Å². The average Bonchev–Trinajstić information content (AvgIpc) is 3.27. The van der Waals surface area contributed by atoms with Gasteiger partial charge in [0.05, 0.1) is 22.9 Å². The largest absolute Gasteiger partial charge is 0.326 e. The van der Waals surface area contributed by atoms with Crippen LogP contribution in [0.1, 0.15) is 96.0 Å². The zero-order chi connectivity index (χ0) is 30.5. The maximum atomic E-state index is 12.8. The summed E-state index contributed by atoms with van der Waals surface area (Å²) in [5.74, 6) is -0.735. The molecule has 1 heterocycles. The Morgan fingerprint density at radius 1 is 0.786 bits per heavy atom. The predicted molar refractivity (Wildman–Crippen MR) is 174 cm³/mol. The third-order valence-electron chi connectivity index (χ3n) is 6.94. The number of halogens is 4. The highest BCUT2D eigenvalue weighted by atomic mass is 35.5. The average molecular weight is 656 g/mol. The normalized spacial score (nSPS) is 12.9. The summed E-state index contributed by atoms with van der Waals surface area (Å²) in [6.45, 7) is 2.24. The third-order valence-corrected chi connectivity index (χ3v) is 8.10. The van der Waals surface area contributed by atoms with Gasteiger partial charge in [-0.2, -0.15) is 10.1 Å². The van der Waals surface area contributed by atoms with Crippen LogP contribution in [-0.4, -0.2) is 23.6 Å². The van der Waals surface area contributed by atoms with Crippen LogP contribution in [0.2, 0.25) is 20.1 Å². The Balaban J connectivity index is 1.43. The van der Waals surface area contributed by atoms with Gasteiger partial charge in [0.25, 0.3) is 5.91 Å². The summed E-state index contributed by atoms with van der Waals surface area (Å²) in [4.78, 5) is 37.8. The molecule has 3 rings (SSSR count). The second-order valence-electron chi connectivity index (χ2n) is 10.5. The zero-order valence-corrected chi connectivity index (χ0v) is 26.9. The fourth-order valence-corrected chi connectivity index (χ4v) is 5.91. The Morgan fingerprint density at radius 3 is 2.00 bits per heavy atom.